The number of fused-ring (bicyclic) bond motifs is 1. The van der Waals surface area contributed by atoms with Gasteiger partial charge in [0.15, 0.2) is 0 Å². The molecule has 1 heterocycles. The number of benzene rings is 2. The summed E-state index contributed by atoms with van der Waals surface area (Å²) in [5.41, 5.74) is 1.63. The summed E-state index contributed by atoms with van der Waals surface area (Å²) in [6.45, 7) is 0. The number of nitrogens with one attached hydrogen (secondary N) is 2. The molecule has 0 aliphatic heterocycles. The zero-order valence-corrected chi connectivity index (χ0v) is 20.0. The molecule has 0 unspecified atom stereocenters. The molecule has 1 fully saturated rings. The van der Waals surface area contributed by atoms with Crippen molar-refractivity contribution in [1.82, 2.24) is 14.3 Å². The Hall–Kier alpha value is -3.20. The van der Waals surface area contributed by atoms with Gasteiger partial charge in [-0.15, -0.1) is 0 Å². The Morgan fingerprint density at radius 2 is 1.73 bits per heavy atom. The van der Waals surface area contributed by atoms with E-state index >= 15 is 0 Å². The molecule has 0 saturated heterocycles. The van der Waals surface area contributed by atoms with Crippen LogP contribution in [0.15, 0.2) is 48.5 Å². The number of thiol groups is 1. The summed E-state index contributed by atoms with van der Waals surface area (Å²) >= 11 is 4.49. The molecule has 9 heteroatoms. The number of para-hydroxylation sites is 1. The van der Waals surface area contributed by atoms with Gasteiger partial charge in [-0.1, -0.05) is 24.9 Å². The third-order valence-electron chi connectivity index (χ3n) is 5.93. The number of hydrogen-bond acceptors (Lipinski definition) is 7. The van der Waals surface area contributed by atoms with E-state index < -0.39 is 0 Å². The minimum absolute atomic E-state index is 0.0690. The molecule has 0 radical (unpaired) electrons. The van der Waals surface area contributed by atoms with Gasteiger partial charge in [0.05, 0.1) is 12.6 Å². The van der Waals surface area contributed by atoms with Crippen LogP contribution in [0.1, 0.15) is 25.7 Å². The normalized spacial score (nSPS) is 17.9. The van der Waals surface area contributed by atoms with Crippen molar-refractivity contribution in [2.75, 3.05) is 36.7 Å². The first-order valence-electron chi connectivity index (χ1n) is 11.1. The van der Waals surface area contributed by atoms with Crippen LogP contribution in [0.3, 0.4) is 0 Å². The molecule has 2 aromatic carbocycles. The number of ether oxygens (including phenoxy) is 1. The molecule has 0 atom stereocenters. The summed E-state index contributed by atoms with van der Waals surface area (Å²) in [6.07, 6.45) is 3.52. The number of amides is 2. The quantitative estimate of drug-likeness (QED) is 0.453. The van der Waals surface area contributed by atoms with Crippen molar-refractivity contribution in [3.8, 4) is 5.75 Å². The van der Waals surface area contributed by atoms with E-state index in [0.29, 0.717) is 11.6 Å². The Kier molecular flexibility index (Phi) is 7.08. The summed E-state index contributed by atoms with van der Waals surface area (Å²) in [6, 6.07) is 15.4. The average molecular weight is 467 g/mol. The molecule has 0 spiro atoms. The molecule has 0 bridgehead atoms. The van der Waals surface area contributed by atoms with E-state index in [9.17, 15) is 4.79 Å². The lowest BCUT2D eigenvalue weighted by molar-refractivity contribution is 0.217. The largest absolute Gasteiger partial charge is 0.497 e. The van der Waals surface area contributed by atoms with Crippen LogP contribution in [0.2, 0.25) is 0 Å². The molecule has 174 valence electrons. The summed E-state index contributed by atoms with van der Waals surface area (Å²) in [4.78, 5) is 24.1. The van der Waals surface area contributed by atoms with E-state index in [2.05, 4.69) is 23.4 Å². The van der Waals surface area contributed by atoms with Crippen molar-refractivity contribution in [2.24, 2.45) is 0 Å². The third-order valence-corrected chi connectivity index (χ3v) is 6.44. The topological polar surface area (TPSA) is 82.6 Å². The second-order valence-electron chi connectivity index (χ2n) is 8.44. The molecule has 1 saturated carbocycles. The monoisotopic (exact) mass is 466 g/mol. The van der Waals surface area contributed by atoms with Crippen molar-refractivity contribution >= 4 is 47.2 Å². The first kappa shape index (κ1) is 23.0. The lowest BCUT2D eigenvalue weighted by atomic mass is 9.91. The third kappa shape index (κ3) is 5.42. The maximum Gasteiger partial charge on any atom is 0.331 e. The Morgan fingerprint density at radius 1 is 1.03 bits per heavy atom. The van der Waals surface area contributed by atoms with Crippen LogP contribution in [0.25, 0.3) is 10.9 Å². The first-order chi connectivity index (χ1) is 15.9. The van der Waals surface area contributed by atoms with Gasteiger partial charge in [-0.25, -0.2) is 9.78 Å². The highest BCUT2D eigenvalue weighted by molar-refractivity contribution is 7.78. The number of rotatable bonds is 6. The van der Waals surface area contributed by atoms with Gasteiger partial charge in [-0.3, -0.25) is 4.31 Å². The van der Waals surface area contributed by atoms with Crippen molar-refractivity contribution in [1.29, 1.82) is 0 Å². The Labute approximate surface area is 199 Å². The summed E-state index contributed by atoms with van der Waals surface area (Å²) < 4.78 is 6.66. The van der Waals surface area contributed by atoms with Gasteiger partial charge in [0.2, 0.25) is 5.95 Å². The fourth-order valence-corrected chi connectivity index (χ4v) is 4.41. The smallest absolute Gasteiger partial charge is 0.331 e. The number of aromatic nitrogens is 2. The zero-order chi connectivity index (χ0) is 23.4. The van der Waals surface area contributed by atoms with Crippen LogP contribution in [0, 0.1) is 0 Å². The van der Waals surface area contributed by atoms with Gasteiger partial charge in [-0.2, -0.15) is 4.98 Å². The average Bonchev–Trinajstić information content (AvgIpc) is 2.84. The number of urea groups is 1. The molecule has 1 aromatic heterocycles. The second-order valence-corrected chi connectivity index (χ2v) is 8.87. The number of hydrogen-bond donors (Lipinski definition) is 3. The zero-order valence-electron chi connectivity index (χ0n) is 19.2. The number of methoxy groups -OCH3 is 1. The first-order valence-corrected chi connectivity index (χ1v) is 11.5. The Morgan fingerprint density at radius 3 is 2.39 bits per heavy atom. The van der Waals surface area contributed by atoms with E-state index in [4.69, 9.17) is 14.7 Å². The SMILES string of the molecule is COc1ccc(NC(=O)N(S)C2CCC(Nc3nc(N(C)C)c4ccccc4n3)CC2)cc1. The number of nitrogens with zero attached hydrogens (tertiary/aromatic N) is 4. The van der Waals surface area contributed by atoms with Gasteiger partial charge < -0.3 is 20.3 Å². The van der Waals surface area contributed by atoms with E-state index in [0.717, 1.165) is 48.2 Å². The molecule has 1 aliphatic rings. The molecular formula is C24H30N6O2S. The Balaban J connectivity index is 1.34. The number of carbonyl (C=O) groups is 1. The van der Waals surface area contributed by atoms with Gasteiger partial charge >= 0.3 is 6.03 Å². The van der Waals surface area contributed by atoms with Crippen LogP contribution >= 0.6 is 12.8 Å². The molecular weight excluding hydrogens is 436 g/mol. The fourth-order valence-electron chi connectivity index (χ4n) is 4.13. The molecule has 2 amide bonds. The summed E-state index contributed by atoms with van der Waals surface area (Å²) in [5.74, 6) is 2.28. The van der Waals surface area contributed by atoms with Crippen LogP contribution in [0.4, 0.5) is 22.2 Å². The molecule has 2 N–H and O–H groups in total. The minimum Gasteiger partial charge on any atom is -0.497 e. The van der Waals surface area contributed by atoms with Crippen LogP contribution in [-0.2, 0) is 0 Å². The van der Waals surface area contributed by atoms with Crippen molar-refractivity contribution < 1.29 is 9.53 Å². The number of carbonyl (C=O) groups excluding carboxylic acids is 1. The predicted octanol–water partition coefficient (Wildman–Crippen LogP) is 4.81. The van der Waals surface area contributed by atoms with Gasteiger partial charge in [0.1, 0.15) is 11.6 Å². The highest BCUT2D eigenvalue weighted by Crippen LogP contribution is 2.29. The summed E-state index contributed by atoms with van der Waals surface area (Å²) in [7, 11) is 5.59. The van der Waals surface area contributed by atoms with E-state index in [-0.39, 0.29) is 18.1 Å². The predicted molar refractivity (Wildman–Crippen MR) is 136 cm³/mol. The second kappa shape index (κ2) is 10.2. The van der Waals surface area contributed by atoms with Gasteiger partial charge in [-0.05, 0) is 62.1 Å². The fraction of sp³-hybridized carbons (Fsp3) is 0.375. The van der Waals surface area contributed by atoms with Crippen molar-refractivity contribution in [2.45, 2.75) is 37.8 Å². The molecule has 1 aliphatic carbocycles. The van der Waals surface area contributed by atoms with E-state index in [1.807, 2.05) is 67.5 Å². The minimum atomic E-state index is -0.228. The van der Waals surface area contributed by atoms with Crippen LogP contribution < -0.4 is 20.3 Å². The molecule has 3 aromatic rings. The highest BCUT2D eigenvalue weighted by Gasteiger charge is 2.28. The molecule has 33 heavy (non-hydrogen) atoms. The Bertz CT molecular complexity index is 1100. The van der Waals surface area contributed by atoms with Gasteiger partial charge in [0, 0.05) is 37.3 Å². The van der Waals surface area contributed by atoms with Crippen molar-refractivity contribution in [3.05, 3.63) is 48.5 Å². The standard InChI is InChI=1S/C24H30N6O2S/c1-29(2)22-20-6-4-5-7-21(20)27-23(28-22)25-16-8-12-18(13-9-16)30(33)24(31)26-17-10-14-19(32-3)15-11-17/h4-7,10-11,14-16,18,33H,8-9,12-13H2,1-3H3,(H,26,31)(H,25,27,28). The van der Waals surface area contributed by atoms with Crippen LogP contribution in [0.5, 0.6) is 5.75 Å². The van der Waals surface area contributed by atoms with Gasteiger partial charge in [0.25, 0.3) is 0 Å². The van der Waals surface area contributed by atoms with Crippen molar-refractivity contribution in [3.63, 3.8) is 0 Å². The highest BCUT2D eigenvalue weighted by atomic mass is 32.1. The molecule has 4 rings (SSSR count). The van der Waals surface area contributed by atoms with E-state index in [1.165, 1.54) is 4.31 Å². The van der Waals surface area contributed by atoms with Crippen LogP contribution in [-0.4, -0.2) is 53.6 Å². The lowest BCUT2D eigenvalue weighted by Gasteiger charge is -2.34. The maximum atomic E-state index is 12.6. The maximum absolute atomic E-state index is 12.6. The summed E-state index contributed by atoms with van der Waals surface area (Å²) in [5, 5.41) is 7.43. The lowest BCUT2D eigenvalue weighted by Crippen LogP contribution is -2.40. The van der Waals surface area contributed by atoms with E-state index in [1.54, 1.807) is 7.11 Å². The molecule has 8 nitrogen and oxygen atoms in total. The number of anilines is 3.